The molecule has 1 unspecified atom stereocenters. The molecule has 0 saturated heterocycles. The lowest BCUT2D eigenvalue weighted by Gasteiger charge is -2.15. The van der Waals surface area contributed by atoms with Crippen molar-refractivity contribution in [2.75, 3.05) is 11.9 Å². The molecule has 0 fully saturated rings. The third kappa shape index (κ3) is 3.27. The zero-order valence-electron chi connectivity index (χ0n) is 8.95. The fourth-order valence-electron chi connectivity index (χ4n) is 1.17. The second-order valence-electron chi connectivity index (χ2n) is 3.45. The molecule has 0 saturated carbocycles. The summed E-state index contributed by atoms with van der Waals surface area (Å²) in [5.74, 6) is -9.82. The number of anilines is 1. The van der Waals surface area contributed by atoms with Gasteiger partial charge in [0.05, 0.1) is 6.07 Å². The summed E-state index contributed by atoms with van der Waals surface area (Å²) in [5.41, 5.74) is -1.39. The van der Waals surface area contributed by atoms with Gasteiger partial charge in [-0.2, -0.15) is 18.4 Å². The quantitative estimate of drug-likeness (QED) is 0.683. The molecule has 1 aromatic rings. The van der Waals surface area contributed by atoms with Gasteiger partial charge in [0.15, 0.2) is 29.2 Å². The van der Waals surface area contributed by atoms with E-state index >= 15 is 0 Å². The summed E-state index contributed by atoms with van der Waals surface area (Å²) in [5, 5.41) is 9.79. The van der Waals surface area contributed by atoms with Crippen molar-refractivity contribution in [2.24, 2.45) is 5.92 Å². The molecule has 0 aliphatic rings. The number of nitriles is 1. The summed E-state index contributed by atoms with van der Waals surface area (Å²) in [7, 11) is 0. The number of hydrogen-bond donors (Lipinski definition) is 1. The molecule has 0 spiro atoms. The van der Waals surface area contributed by atoms with Gasteiger partial charge in [-0.05, 0) is 0 Å². The van der Waals surface area contributed by atoms with Crippen molar-refractivity contribution in [1.82, 2.24) is 0 Å². The summed E-state index contributed by atoms with van der Waals surface area (Å²) in [6.45, 7) is -1.24. The first-order valence-electron chi connectivity index (χ1n) is 4.71. The van der Waals surface area contributed by atoms with Crippen LogP contribution < -0.4 is 5.32 Å². The third-order valence-corrected chi connectivity index (χ3v) is 2.15. The van der Waals surface area contributed by atoms with Crippen LogP contribution in [0, 0.1) is 40.5 Å². The van der Waals surface area contributed by atoms with Gasteiger partial charge in [0.25, 0.3) is 0 Å². The Morgan fingerprint density at radius 3 is 1.95 bits per heavy atom. The van der Waals surface area contributed by atoms with Crippen LogP contribution in [0.3, 0.4) is 0 Å². The highest BCUT2D eigenvalue weighted by molar-refractivity contribution is 5.47. The molecule has 0 radical (unpaired) electrons. The predicted molar refractivity (Wildman–Crippen MR) is 49.9 cm³/mol. The second kappa shape index (κ2) is 5.34. The van der Waals surface area contributed by atoms with Crippen LogP contribution in [0.1, 0.15) is 0 Å². The molecule has 1 atom stereocenters. The van der Waals surface area contributed by atoms with Crippen molar-refractivity contribution >= 4 is 5.69 Å². The van der Waals surface area contributed by atoms with Crippen molar-refractivity contribution in [3.05, 3.63) is 29.3 Å². The number of alkyl halides is 3. The lowest BCUT2D eigenvalue weighted by molar-refractivity contribution is -0.155. The lowest BCUT2D eigenvalue weighted by Crippen LogP contribution is -2.29. The highest BCUT2D eigenvalue weighted by atomic mass is 19.4. The number of nitrogens with zero attached hydrogens (tertiary/aromatic N) is 1. The van der Waals surface area contributed by atoms with Crippen LogP contribution in [0.2, 0.25) is 0 Å². The Balaban J connectivity index is 2.99. The number of benzene rings is 1. The lowest BCUT2D eigenvalue weighted by atomic mass is 10.1. The van der Waals surface area contributed by atoms with Crippen molar-refractivity contribution in [3.63, 3.8) is 0 Å². The molecule has 0 aliphatic heterocycles. The van der Waals surface area contributed by atoms with E-state index in [1.165, 1.54) is 0 Å². The average Bonchev–Trinajstić information content (AvgIpc) is 2.29. The maximum absolute atomic E-state index is 13.1. The van der Waals surface area contributed by atoms with E-state index in [-0.39, 0.29) is 6.07 Å². The fourth-order valence-corrected chi connectivity index (χ4v) is 1.17. The first-order chi connectivity index (χ1) is 8.68. The van der Waals surface area contributed by atoms with Crippen LogP contribution in [0.5, 0.6) is 0 Å². The molecule has 0 bridgehead atoms. The molecule has 2 nitrogen and oxygen atoms in total. The largest absolute Gasteiger partial charge is 0.406 e. The van der Waals surface area contributed by atoms with Gasteiger partial charge < -0.3 is 5.32 Å². The Morgan fingerprint density at radius 2 is 1.58 bits per heavy atom. The fraction of sp³-hybridized carbons (Fsp3) is 0.300. The van der Waals surface area contributed by atoms with Gasteiger partial charge in [-0.15, -0.1) is 0 Å². The topological polar surface area (TPSA) is 35.8 Å². The van der Waals surface area contributed by atoms with Crippen molar-refractivity contribution < 1.29 is 30.7 Å². The van der Waals surface area contributed by atoms with Crippen LogP contribution in [-0.4, -0.2) is 12.7 Å². The molecule has 9 heteroatoms. The summed E-state index contributed by atoms with van der Waals surface area (Å²) >= 11 is 0. The summed E-state index contributed by atoms with van der Waals surface area (Å²) in [6.07, 6.45) is -4.93. The zero-order chi connectivity index (χ0) is 14.8. The summed E-state index contributed by atoms with van der Waals surface area (Å²) < 4.78 is 88.2. The molecule has 104 valence electrons. The summed E-state index contributed by atoms with van der Waals surface area (Å²) in [6, 6.07) is 0.779. The van der Waals surface area contributed by atoms with Gasteiger partial charge in [-0.1, -0.05) is 0 Å². The molecule has 19 heavy (non-hydrogen) atoms. The van der Waals surface area contributed by atoms with E-state index in [1.807, 2.05) is 0 Å². The molecule has 1 rings (SSSR count). The van der Waals surface area contributed by atoms with Crippen molar-refractivity contribution in [3.8, 4) is 6.07 Å². The van der Waals surface area contributed by atoms with Crippen LogP contribution >= 0.6 is 0 Å². The Morgan fingerprint density at radius 1 is 1.11 bits per heavy atom. The van der Waals surface area contributed by atoms with E-state index in [2.05, 4.69) is 0 Å². The van der Waals surface area contributed by atoms with Gasteiger partial charge >= 0.3 is 6.18 Å². The Labute approximate surface area is 102 Å². The number of rotatable bonds is 3. The van der Waals surface area contributed by atoms with Gasteiger partial charge in [0.2, 0.25) is 0 Å². The zero-order valence-corrected chi connectivity index (χ0v) is 8.95. The molecular weight excluding hydrogens is 281 g/mol. The molecule has 0 amide bonds. The van der Waals surface area contributed by atoms with Crippen LogP contribution in [0.15, 0.2) is 6.07 Å². The SMILES string of the molecule is N#CC(CNc1c(F)c(F)cc(F)c1F)C(F)(F)F. The molecule has 1 N–H and O–H groups in total. The number of hydrogen-bond acceptors (Lipinski definition) is 2. The van der Waals surface area contributed by atoms with Crippen LogP contribution in [0.4, 0.5) is 36.4 Å². The van der Waals surface area contributed by atoms with E-state index in [0.717, 1.165) is 6.07 Å². The minimum atomic E-state index is -4.93. The highest BCUT2D eigenvalue weighted by Gasteiger charge is 2.40. The minimum absolute atomic E-state index is 0.0820. The average molecular weight is 286 g/mol. The first-order valence-corrected chi connectivity index (χ1v) is 4.71. The highest BCUT2D eigenvalue weighted by Crippen LogP contribution is 2.28. The van der Waals surface area contributed by atoms with Crippen molar-refractivity contribution in [1.29, 1.82) is 5.26 Å². The van der Waals surface area contributed by atoms with Crippen LogP contribution in [-0.2, 0) is 0 Å². The smallest absolute Gasteiger partial charge is 0.378 e. The minimum Gasteiger partial charge on any atom is -0.378 e. The van der Waals surface area contributed by atoms with E-state index < -0.39 is 47.6 Å². The predicted octanol–water partition coefficient (Wildman–Crippen LogP) is 3.36. The van der Waals surface area contributed by atoms with E-state index in [4.69, 9.17) is 5.26 Å². The van der Waals surface area contributed by atoms with Gasteiger partial charge in [-0.3, -0.25) is 0 Å². The van der Waals surface area contributed by atoms with E-state index in [0.29, 0.717) is 0 Å². The van der Waals surface area contributed by atoms with Gasteiger partial charge in [0.1, 0.15) is 5.69 Å². The Kier molecular flexibility index (Phi) is 4.24. The molecule has 0 aromatic heterocycles. The molecule has 0 aliphatic carbocycles. The second-order valence-corrected chi connectivity index (χ2v) is 3.45. The maximum atomic E-state index is 13.1. The van der Waals surface area contributed by atoms with E-state index in [1.54, 1.807) is 5.32 Å². The van der Waals surface area contributed by atoms with E-state index in [9.17, 15) is 30.7 Å². The monoisotopic (exact) mass is 286 g/mol. The summed E-state index contributed by atoms with van der Waals surface area (Å²) in [4.78, 5) is 0. The number of halogens is 7. The number of nitrogens with one attached hydrogen (secondary N) is 1. The van der Waals surface area contributed by atoms with Gasteiger partial charge in [-0.25, -0.2) is 17.6 Å². The first kappa shape index (κ1) is 15.1. The molecular formula is C10H5F7N2. The normalized spacial score (nSPS) is 12.9. The standard InChI is InChI=1S/C10H5F7N2/c11-5-1-6(12)8(14)9(7(5)13)19-3-4(2-18)10(15,16)17/h1,4,19H,3H2. The molecule has 0 heterocycles. The Bertz CT molecular complexity index is 492. The van der Waals surface area contributed by atoms with Gasteiger partial charge in [0, 0.05) is 12.6 Å². The van der Waals surface area contributed by atoms with Crippen LogP contribution in [0.25, 0.3) is 0 Å². The third-order valence-electron chi connectivity index (χ3n) is 2.15. The maximum Gasteiger partial charge on any atom is 0.406 e. The Hall–Kier alpha value is -1.98. The van der Waals surface area contributed by atoms with Crippen molar-refractivity contribution in [2.45, 2.75) is 6.18 Å². The molecule has 1 aromatic carbocycles.